The Bertz CT molecular complexity index is 1730. The third-order valence-corrected chi connectivity index (χ3v) is 17.5. The third kappa shape index (κ3) is 62.6. The number of aliphatic hydroxyl groups is 1. The molecular weight excluding hydrogens is 1150 g/mol. The van der Waals surface area contributed by atoms with Crippen LogP contribution >= 0.6 is 15.6 Å². The van der Waals surface area contributed by atoms with E-state index in [0.29, 0.717) is 31.6 Å². The minimum Gasteiger partial charge on any atom is -0.462 e. The average Bonchev–Trinajstić information content (AvgIpc) is 3.68. The van der Waals surface area contributed by atoms with Crippen LogP contribution in [-0.2, 0) is 65.4 Å². The molecule has 0 heterocycles. The summed E-state index contributed by atoms with van der Waals surface area (Å²) in [7, 11) is -9.90. The molecule has 0 aliphatic heterocycles. The zero-order valence-corrected chi connectivity index (χ0v) is 58.4. The molecule has 0 spiro atoms. The van der Waals surface area contributed by atoms with Crippen LogP contribution in [0.1, 0.15) is 331 Å². The van der Waals surface area contributed by atoms with Gasteiger partial charge in [-0.25, -0.2) is 9.13 Å². The molecule has 5 atom stereocenters. The van der Waals surface area contributed by atoms with Gasteiger partial charge >= 0.3 is 39.5 Å². The van der Waals surface area contributed by atoms with Crippen molar-refractivity contribution in [1.82, 2.24) is 0 Å². The summed E-state index contributed by atoms with van der Waals surface area (Å²) in [5.74, 6) is 0.787. The van der Waals surface area contributed by atoms with Crippen LogP contribution < -0.4 is 0 Å². The molecule has 2 unspecified atom stereocenters. The van der Waals surface area contributed by atoms with Crippen molar-refractivity contribution in [2.45, 2.75) is 350 Å². The minimum absolute atomic E-state index is 0.103. The Labute approximate surface area is 530 Å². The molecule has 0 saturated heterocycles. The maximum atomic E-state index is 13.0. The topological polar surface area (TPSA) is 237 Å². The Kier molecular flexibility index (Phi) is 56.6. The quantitative estimate of drug-likeness (QED) is 0.0222. The summed E-state index contributed by atoms with van der Waals surface area (Å²) >= 11 is 0. The van der Waals surface area contributed by atoms with Gasteiger partial charge in [0.05, 0.1) is 26.4 Å². The molecule has 0 radical (unpaired) electrons. The summed E-state index contributed by atoms with van der Waals surface area (Å²) < 4.78 is 68.2. The monoisotopic (exact) mass is 1280 g/mol. The van der Waals surface area contributed by atoms with Gasteiger partial charge in [-0.3, -0.25) is 37.3 Å². The Morgan fingerprint density at radius 2 is 0.483 bits per heavy atom. The molecule has 0 aliphatic rings. The van der Waals surface area contributed by atoms with E-state index in [0.717, 1.165) is 114 Å². The van der Waals surface area contributed by atoms with Gasteiger partial charge in [-0.1, -0.05) is 280 Å². The van der Waals surface area contributed by atoms with Gasteiger partial charge in [-0.05, 0) is 49.4 Å². The highest BCUT2D eigenvalue weighted by molar-refractivity contribution is 7.47. The second-order valence-corrected chi connectivity index (χ2v) is 29.4. The summed E-state index contributed by atoms with van der Waals surface area (Å²) in [6.07, 6.45) is 39.1. The molecule has 0 bridgehead atoms. The SMILES string of the molecule is CC(C)CCCCCCCCCCCCCC(=O)O[C@H](COC(=O)CCCCCCCCCCCCC(C)C)COP(=O)(O)OC[C@@H](O)COP(=O)(O)OC[C@@H](COC(=O)CCCCCCCCC(C)C)OC(=O)CCCCCCCCCCC(C)C. The lowest BCUT2D eigenvalue weighted by molar-refractivity contribution is -0.161. The van der Waals surface area contributed by atoms with Crippen LogP contribution in [0.2, 0.25) is 0 Å². The number of esters is 4. The standard InChI is InChI=1S/C68H132O17P2/c1-58(2)44-36-28-20-14-10-9-11-17-24-34-42-50-67(72)84-63(54-78-65(70)48-40-32-23-16-13-12-15-21-29-37-45-59(3)4)56-82-86(74,75)80-52-62(69)53-81-87(76,77)83-57-64(55-79-66(71)49-41-33-27-26-31-39-47-61(7)8)85-68(73)51-43-35-25-19-18-22-30-38-46-60(5)6/h58-64,69H,9-57H2,1-8H3,(H,74,75)(H,76,77)/t62-,63-,64-/m1/s1. The first-order chi connectivity index (χ1) is 41.6. The van der Waals surface area contributed by atoms with Gasteiger partial charge in [0.25, 0.3) is 0 Å². The second kappa shape index (κ2) is 57.9. The van der Waals surface area contributed by atoms with E-state index >= 15 is 0 Å². The van der Waals surface area contributed by atoms with E-state index in [1.807, 2.05) is 0 Å². The fraction of sp³-hybridized carbons (Fsp3) is 0.941. The molecule has 0 amide bonds. The van der Waals surface area contributed by atoms with Crippen molar-refractivity contribution in [2.75, 3.05) is 39.6 Å². The Morgan fingerprint density at radius 1 is 0.287 bits per heavy atom. The molecule has 3 N–H and O–H groups in total. The van der Waals surface area contributed by atoms with Gasteiger partial charge in [0.15, 0.2) is 12.2 Å². The molecule has 0 aliphatic carbocycles. The van der Waals surface area contributed by atoms with E-state index in [1.54, 1.807) is 0 Å². The van der Waals surface area contributed by atoms with E-state index in [-0.39, 0.29) is 25.7 Å². The highest BCUT2D eigenvalue weighted by Gasteiger charge is 2.30. The largest absolute Gasteiger partial charge is 0.472 e. The van der Waals surface area contributed by atoms with Crippen molar-refractivity contribution in [1.29, 1.82) is 0 Å². The Morgan fingerprint density at radius 3 is 0.713 bits per heavy atom. The van der Waals surface area contributed by atoms with E-state index in [9.17, 15) is 43.2 Å². The lowest BCUT2D eigenvalue weighted by Crippen LogP contribution is -2.30. The number of hydrogen-bond acceptors (Lipinski definition) is 15. The van der Waals surface area contributed by atoms with Gasteiger partial charge in [0, 0.05) is 25.7 Å². The van der Waals surface area contributed by atoms with Gasteiger partial charge in [-0.15, -0.1) is 0 Å². The van der Waals surface area contributed by atoms with Crippen LogP contribution in [0, 0.1) is 23.7 Å². The van der Waals surface area contributed by atoms with Gasteiger partial charge < -0.3 is 33.8 Å². The van der Waals surface area contributed by atoms with Crippen LogP contribution in [0.3, 0.4) is 0 Å². The molecular formula is C68H132O17P2. The van der Waals surface area contributed by atoms with E-state index in [2.05, 4.69) is 55.4 Å². The van der Waals surface area contributed by atoms with Gasteiger partial charge in [0.2, 0.25) is 0 Å². The molecule has 516 valence electrons. The van der Waals surface area contributed by atoms with Crippen LogP contribution in [0.15, 0.2) is 0 Å². The van der Waals surface area contributed by atoms with Crippen LogP contribution in [0.5, 0.6) is 0 Å². The van der Waals surface area contributed by atoms with Crippen LogP contribution in [0.25, 0.3) is 0 Å². The van der Waals surface area contributed by atoms with Crippen molar-refractivity contribution in [3.05, 3.63) is 0 Å². The summed E-state index contributed by atoms with van der Waals surface area (Å²) in [4.78, 5) is 72.4. The van der Waals surface area contributed by atoms with Crippen molar-refractivity contribution >= 4 is 39.5 Å². The number of carbonyl (C=O) groups excluding carboxylic acids is 4. The molecule has 87 heavy (non-hydrogen) atoms. The lowest BCUT2D eigenvalue weighted by atomic mass is 10.0. The number of hydrogen-bond donors (Lipinski definition) is 3. The number of phosphoric ester groups is 2. The molecule has 0 aromatic rings. The van der Waals surface area contributed by atoms with Gasteiger partial charge in [0.1, 0.15) is 19.3 Å². The molecule has 0 fully saturated rings. The third-order valence-electron chi connectivity index (χ3n) is 15.6. The number of rotatable bonds is 65. The van der Waals surface area contributed by atoms with E-state index < -0.39 is 97.5 Å². The van der Waals surface area contributed by atoms with Crippen molar-refractivity contribution in [2.24, 2.45) is 23.7 Å². The van der Waals surface area contributed by atoms with Gasteiger partial charge in [-0.2, -0.15) is 0 Å². The predicted octanol–water partition coefficient (Wildman–Crippen LogP) is 18.9. The van der Waals surface area contributed by atoms with Crippen molar-refractivity contribution in [3.63, 3.8) is 0 Å². The summed E-state index contributed by atoms with van der Waals surface area (Å²) in [6.45, 7) is 14.0. The van der Waals surface area contributed by atoms with Crippen molar-refractivity contribution < 1.29 is 80.2 Å². The number of phosphoric acid groups is 2. The normalized spacial score (nSPS) is 14.3. The number of unbranched alkanes of at least 4 members (excludes halogenated alkanes) is 31. The second-order valence-electron chi connectivity index (χ2n) is 26.5. The first-order valence-corrected chi connectivity index (χ1v) is 38.2. The summed E-state index contributed by atoms with van der Waals surface area (Å²) in [5, 5.41) is 10.6. The number of carbonyl (C=O) groups is 4. The fourth-order valence-corrected chi connectivity index (χ4v) is 11.7. The maximum absolute atomic E-state index is 13.0. The summed E-state index contributed by atoms with van der Waals surface area (Å²) in [6, 6.07) is 0. The number of ether oxygens (including phenoxy) is 4. The molecule has 0 saturated carbocycles. The lowest BCUT2D eigenvalue weighted by Gasteiger charge is -2.21. The van der Waals surface area contributed by atoms with E-state index in [1.165, 1.54) is 128 Å². The number of aliphatic hydroxyl groups excluding tert-OH is 1. The zero-order chi connectivity index (χ0) is 64.7. The van der Waals surface area contributed by atoms with Crippen molar-refractivity contribution in [3.8, 4) is 0 Å². The Hall–Kier alpha value is -1.94. The smallest absolute Gasteiger partial charge is 0.462 e. The zero-order valence-electron chi connectivity index (χ0n) is 56.6. The highest BCUT2D eigenvalue weighted by Crippen LogP contribution is 2.45. The Balaban J connectivity index is 5.25. The highest BCUT2D eigenvalue weighted by atomic mass is 31.2. The summed E-state index contributed by atoms with van der Waals surface area (Å²) in [5.41, 5.74) is 0. The van der Waals surface area contributed by atoms with E-state index in [4.69, 9.17) is 37.0 Å². The minimum atomic E-state index is -4.95. The first-order valence-electron chi connectivity index (χ1n) is 35.2. The molecule has 17 nitrogen and oxygen atoms in total. The molecule has 0 aromatic heterocycles. The molecule has 0 rings (SSSR count). The fourth-order valence-electron chi connectivity index (χ4n) is 10.1. The van der Waals surface area contributed by atoms with Crippen LogP contribution in [-0.4, -0.2) is 96.7 Å². The average molecular weight is 1280 g/mol. The maximum Gasteiger partial charge on any atom is 0.472 e. The molecule has 0 aromatic carbocycles. The first kappa shape index (κ1) is 85.1. The predicted molar refractivity (Wildman–Crippen MR) is 349 cm³/mol. The molecule has 19 heteroatoms. The van der Waals surface area contributed by atoms with Crippen LogP contribution in [0.4, 0.5) is 0 Å².